The summed E-state index contributed by atoms with van der Waals surface area (Å²) >= 11 is 0. The van der Waals surface area contributed by atoms with Crippen molar-refractivity contribution in [3.8, 4) is 0 Å². The minimum atomic E-state index is -0.184. The van der Waals surface area contributed by atoms with Gasteiger partial charge in [0, 0.05) is 38.1 Å². The molecule has 0 saturated carbocycles. The van der Waals surface area contributed by atoms with E-state index in [0.717, 1.165) is 18.7 Å². The fraction of sp³-hybridized carbons (Fsp3) is 0.375. The van der Waals surface area contributed by atoms with Crippen LogP contribution in [0.3, 0.4) is 0 Å². The van der Waals surface area contributed by atoms with Crippen LogP contribution in [0.4, 0.5) is 4.39 Å². The topological polar surface area (TPSA) is 20.2 Å². The van der Waals surface area contributed by atoms with Gasteiger partial charge >= 0.3 is 0 Å². The van der Waals surface area contributed by atoms with Crippen LogP contribution in [0.25, 0.3) is 0 Å². The molecular formula is C16H22FN3. The predicted octanol–water partition coefficient (Wildman–Crippen LogP) is 2.56. The van der Waals surface area contributed by atoms with Crippen LogP contribution in [0.1, 0.15) is 17.3 Å². The zero-order chi connectivity index (χ0) is 14.5. The number of likely N-dealkylation sites (N-methyl/N-ethyl adjacent to an activating group) is 1. The summed E-state index contributed by atoms with van der Waals surface area (Å²) in [6, 6.07) is 11.1. The SMILES string of the molecule is CN(C)C(CNCc1cccn1C)c1cccc(F)c1. The molecule has 0 bridgehead atoms. The van der Waals surface area contributed by atoms with Crippen molar-refractivity contribution in [3.63, 3.8) is 0 Å². The molecule has 1 unspecified atom stereocenters. The lowest BCUT2D eigenvalue weighted by atomic mass is 10.1. The van der Waals surface area contributed by atoms with Crippen molar-refractivity contribution in [2.75, 3.05) is 20.6 Å². The fourth-order valence-corrected chi connectivity index (χ4v) is 2.33. The number of nitrogens with one attached hydrogen (secondary N) is 1. The Morgan fingerprint density at radius 2 is 2.05 bits per heavy atom. The first-order valence-electron chi connectivity index (χ1n) is 6.80. The Bertz CT molecular complexity index is 548. The van der Waals surface area contributed by atoms with Crippen molar-refractivity contribution in [1.82, 2.24) is 14.8 Å². The van der Waals surface area contributed by atoms with Gasteiger partial charge in [-0.2, -0.15) is 0 Å². The summed E-state index contributed by atoms with van der Waals surface area (Å²) < 4.78 is 15.4. The summed E-state index contributed by atoms with van der Waals surface area (Å²) in [6.45, 7) is 1.59. The maximum atomic E-state index is 13.3. The van der Waals surface area contributed by atoms with E-state index in [4.69, 9.17) is 0 Å². The zero-order valence-electron chi connectivity index (χ0n) is 12.3. The molecule has 108 valence electrons. The Labute approximate surface area is 120 Å². The van der Waals surface area contributed by atoms with Crippen LogP contribution in [0, 0.1) is 5.82 Å². The number of rotatable bonds is 6. The van der Waals surface area contributed by atoms with Crippen molar-refractivity contribution >= 4 is 0 Å². The number of halogens is 1. The van der Waals surface area contributed by atoms with E-state index in [9.17, 15) is 4.39 Å². The molecule has 1 aromatic heterocycles. The highest BCUT2D eigenvalue weighted by molar-refractivity contribution is 5.20. The van der Waals surface area contributed by atoms with Crippen LogP contribution >= 0.6 is 0 Å². The van der Waals surface area contributed by atoms with E-state index >= 15 is 0 Å². The van der Waals surface area contributed by atoms with Crippen molar-refractivity contribution in [2.24, 2.45) is 7.05 Å². The second-order valence-corrected chi connectivity index (χ2v) is 5.28. The minimum absolute atomic E-state index is 0.158. The van der Waals surface area contributed by atoms with Gasteiger partial charge in [0.25, 0.3) is 0 Å². The van der Waals surface area contributed by atoms with Crippen molar-refractivity contribution in [3.05, 3.63) is 59.7 Å². The standard InChI is InChI=1S/C16H22FN3/c1-19(2)16(13-6-4-7-14(17)10-13)12-18-11-15-8-5-9-20(15)3/h4-10,16,18H,11-12H2,1-3H3. The predicted molar refractivity (Wildman–Crippen MR) is 79.9 cm³/mol. The Morgan fingerprint density at radius 3 is 2.65 bits per heavy atom. The summed E-state index contributed by atoms with van der Waals surface area (Å²) in [5.74, 6) is -0.184. The average Bonchev–Trinajstić information content (AvgIpc) is 2.80. The Morgan fingerprint density at radius 1 is 1.25 bits per heavy atom. The van der Waals surface area contributed by atoms with Gasteiger partial charge in [0.15, 0.2) is 0 Å². The third-order valence-corrected chi connectivity index (χ3v) is 3.55. The third-order valence-electron chi connectivity index (χ3n) is 3.55. The van der Waals surface area contributed by atoms with Gasteiger partial charge < -0.3 is 14.8 Å². The quantitative estimate of drug-likeness (QED) is 0.874. The first-order chi connectivity index (χ1) is 9.58. The first-order valence-corrected chi connectivity index (χ1v) is 6.80. The van der Waals surface area contributed by atoms with Crippen LogP contribution in [0.15, 0.2) is 42.6 Å². The van der Waals surface area contributed by atoms with Crippen molar-refractivity contribution in [1.29, 1.82) is 0 Å². The number of hydrogen-bond acceptors (Lipinski definition) is 2. The molecule has 1 atom stereocenters. The maximum Gasteiger partial charge on any atom is 0.123 e. The maximum absolute atomic E-state index is 13.3. The highest BCUT2D eigenvalue weighted by Crippen LogP contribution is 2.18. The third kappa shape index (κ3) is 3.68. The van der Waals surface area contributed by atoms with E-state index < -0.39 is 0 Å². The van der Waals surface area contributed by atoms with E-state index in [1.807, 2.05) is 39.5 Å². The highest BCUT2D eigenvalue weighted by atomic mass is 19.1. The largest absolute Gasteiger partial charge is 0.353 e. The molecule has 4 heteroatoms. The summed E-state index contributed by atoms with van der Waals surface area (Å²) in [5.41, 5.74) is 2.23. The second kappa shape index (κ2) is 6.68. The molecule has 0 aliphatic heterocycles. The van der Waals surface area contributed by atoms with Gasteiger partial charge in [0.2, 0.25) is 0 Å². The molecule has 0 radical (unpaired) electrons. The molecule has 0 amide bonds. The highest BCUT2D eigenvalue weighted by Gasteiger charge is 2.14. The molecule has 1 N–H and O–H groups in total. The molecule has 3 nitrogen and oxygen atoms in total. The van der Waals surface area contributed by atoms with Crippen molar-refractivity contribution < 1.29 is 4.39 Å². The Balaban J connectivity index is 1.98. The van der Waals surface area contributed by atoms with Gasteiger partial charge in [0.1, 0.15) is 5.82 Å². The van der Waals surface area contributed by atoms with Gasteiger partial charge in [0.05, 0.1) is 0 Å². The molecule has 2 rings (SSSR count). The van der Waals surface area contributed by atoms with E-state index in [0.29, 0.717) is 0 Å². The molecule has 0 spiro atoms. The summed E-state index contributed by atoms with van der Waals surface area (Å²) in [4.78, 5) is 2.10. The average molecular weight is 275 g/mol. The van der Waals surface area contributed by atoms with E-state index in [-0.39, 0.29) is 11.9 Å². The molecule has 1 heterocycles. The molecule has 2 aromatic rings. The van der Waals surface area contributed by atoms with E-state index in [2.05, 4.69) is 20.9 Å². The number of benzene rings is 1. The lowest BCUT2D eigenvalue weighted by Crippen LogP contribution is -2.31. The number of aromatic nitrogens is 1. The van der Waals surface area contributed by atoms with Gasteiger partial charge in [-0.15, -0.1) is 0 Å². The van der Waals surface area contributed by atoms with Crippen LogP contribution in [-0.2, 0) is 13.6 Å². The van der Waals surface area contributed by atoms with Gasteiger partial charge in [-0.25, -0.2) is 4.39 Å². The number of hydrogen-bond donors (Lipinski definition) is 1. The molecule has 0 saturated heterocycles. The van der Waals surface area contributed by atoms with Crippen molar-refractivity contribution in [2.45, 2.75) is 12.6 Å². The molecule has 1 aromatic carbocycles. The number of aryl methyl sites for hydroxylation is 1. The van der Waals surface area contributed by atoms with Crippen LogP contribution in [-0.4, -0.2) is 30.1 Å². The molecule has 0 aliphatic rings. The summed E-state index contributed by atoms with van der Waals surface area (Å²) in [7, 11) is 6.06. The van der Waals surface area contributed by atoms with Crippen LogP contribution < -0.4 is 5.32 Å². The smallest absolute Gasteiger partial charge is 0.123 e. The van der Waals surface area contributed by atoms with Gasteiger partial charge in [-0.3, -0.25) is 0 Å². The fourth-order valence-electron chi connectivity index (χ4n) is 2.33. The Hall–Kier alpha value is -1.65. The van der Waals surface area contributed by atoms with Crippen LogP contribution in [0.5, 0.6) is 0 Å². The lowest BCUT2D eigenvalue weighted by Gasteiger charge is -2.25. The Kier molecular flexibility index (Phi) is 4.93. The van der Waals surface area contributed by atoms with E-state index in [1.165, 1.54) is 11.8 Å². The molecule has 0 fully saturated rings. The normalized spacial score (nSPS) is 12.8. The molecule has 20 heavy (non-hydrogen) atoms. The first kappa shape index (κ1) is 14.8. The monoisotopic (exact) mass is 275 g/mol. The van der Waals surface area contributed by atoms with Gasteiger partial charge in [-0.1, -0.05) is 12.1 Å². The van der Waals surface area contributed by atoms with Gasteiger partial charge in [-0.05, 0) is 43.9 Å². The molecule has 0 aliphatic carbocycles. The zero-order valence-corrected chi connectivity index (χ0v) is 12.3. The molecular weight excluding hydrogens is 253 g/mol. The minimum Gasteiger partial charge on any atom is -0.353 e. The van der Waals surface area contributed by atoms with Crippen LogP contribution in [0.2, 0.25) is 0 Å². The lowest BCUT2D eigenvalue weighted by molar-refractivity contribution is 0.287. The second-order valence-electron chi connectivity index (χ2n) is 5.28. The summed E-state index contributed by atoms with van der Waals surface area (Å²) in [6.07, 6.45) is 2.03. The van der Waals surface area contributed by atoms with E-state index in [1.54, 1.807) is 12.1 Å². The number of nitrogens with zero attached hydrogens (tertiary/aromatic N) is 2. The summed E-state index contributed by atoms with van der Waals surface area (Å²) in [5, 5.41) is 3.44.